The maximum atomic E-state index is 13.6. The standard InChI is InChI=1S/C26H23N5O4/c32-24(29-35)18-11-9-17(10-12-18)16-31-23(28-21-7-2-1-6-20(21)26(31)34)22-8-4-14-30(22)25(33)19-5-3-13-27-15-19/h1-3,5-7,9-13,15,22,35H,4,8,14,16H2,(H,29,32)/t22-/m0/s1. The molecule has 4 aromatic rings. The number of carbonyl (C=O) groups is 2. The van der Waals surface area contributed by atoms with Gasteiger partial charge in [0.2, 0.25) is 0 Å². The Kier molecular flexibility index (Phi) is 6.07. The lowest BCUT2D eigenvalue weighted by atomic mass is 10.1. The number of nitrogens with zero attached hydrogens (tertiary/aromatic N) is 4. The van der Waals surface area contributed by atoms with Crippen molar-refractivity contribution in [3.63, 3.8) is 0 Å². The molecule has 0 saturated carbocycles. The van der Waals surface area contributed by atoms with Gasteiger partial charge in [0.15, 0.2) is 0 Å². The van der Waals surface area contributed by atoms with Gasteiger partial charge in [0, 0.05) is 24.5 Å². The number of carbonyl (C=O) groups excluding carboxylic acids is 2. The number of aromatic nitrogens is 3. The summed E-state index contributed by atoms with van der Waals surface area (Å²) in [6, 6.07) is 16.9. The van der Waals surface area contributed by atoms with Crippen LogP contribution >= 0.6 is 0 Å². The van der Waals surface area contributed by atoms with Gasteiger partial charge in [-0.15, -0.1) is 0 Å². The number of para-hydroxylation sites is 1. The van der Waals surface area contributed by atoms with E-state index < -0.39 is 5.91 Å². The molecule has 1 saturated heterocycles. The van der Waals surface area contributed by atoms with Crippen LogP contribution in [0.5, 0.6) is 0 Å². The summed E-state index contributed by atoms with van der Waals surface area (Å²) < 4.78 is 1.61. The van der Waals surface area contributed by atoms with Crippen LogP contribution in [0.15, 0.2) is 77.9 Å². The third-order valence-corrected chi connectivity index (χ3v) is 6.27. The normalized spacial score (nSPS) is 15.3. The van der Waals surface area contributed by atoms with Gasteiger partial charge in [0.25, 0.3) is 17.4 Å². The number of pyridine rings is 1. The molecule has 1 atom stereocenters. The summed E-state index contributed by atoms with van der Waals surface area (Å²) in [6.07, 6.45) is 4.65. The highest BCUT2D eigenvalue weighted by atomic mass is 16.5. The number of hydroxylamine groups is 1. The lowest BCUT2D eigenvalue weighted by Gasteiger charge is -2.27. The Morgan fingerprint density at radius 3 is 2.57 bits per heavy atom. The van der Waals surface area contributed by atoms with Crippen molar-refractivity contribution in [3.8, 4) is 0 Å². The summed E-state index contributed by atoms with van der Waals surface area (Å²) in [7, 11) is 0. The van der Waals surface area contributed by atoms with Crippen LogP contribution < -0.4 is 11.0 Å². The number of amides is 2. The zero-order valence-electron chi connectivity index (χ0n) is 18.8. The SMILES string of the molecule is O=C(NO)c1ccc(Cn2c([C@@H]3CCCN3C(=O)c3cccnc3)nc3ccccc3c2=O)cc1. The van der Waals surface area contributed by atoms with Gasteiger partial charge in [-0.3, -0.25) is 29.1 Å². The third-order valence-electron chi connectivity index (χ3n) is 6.27. The molecular formula is C26H23N5O4. The van der Waals surface area contributed by atoms with Crippen molar-refractivity contribution in [3.05, 3.63) is 106 Å². The van der Waals surface area contributed by atoms with E-state index in [1.165, 1.54) is 0 Å². The fourth-order valence-electron chi connectivity index (χ4n) is 4.53. The van der Waals surface area contributed by atoms with Crippen LogP contribution in [0.2, 0.25) is 0 Å². The Hall–Kier alpha value is -4.37. The summed E-state index contributed by atoms with van der Waals surface area (Å²) in [5, 5.41) is 9.35. The number of hydrogen-bond donors (Lipinski definition) is 2. The van der Waals surface area contributed by atoms with Crippen LogP contribution in [0.1, 0.15) is 51.0 Å². The highest BCUT2D eigenvalue weighted by Gasteiger charge is 2.34. The molecule has 0 bridgehead atoms. The average Bonchev–Trinajstić information content (AvgIpc) is 3.40. The van der Waals surface area contributed by atoms with Crippen molar-refractivity contribution in [2.24, 2.45) is 0 Å². The monoisotopic (exact) mass is 469 g/mol. The fraction of sp³-hybridized carbons (Fsp3) is 0.192. The van der Waals surface area contributed by atoms with E-state index in [0.29, 0.717) is 40.8 Å². The van der Waals surface area contributed by atoms with Gasteiger partial charge < -0.3 is 4.90 Å². The minimum atomic E-state index is -0.614. The number of hydrogen-bond acceptors (Lipinski definition) is 6. The largest absolute Gasteiger partial charge is 0.328 e. The number of fused-ring (bicyclic) bond motifs is 1. The highest BCUT2D eigenvalue weighted by molar-refractivity contribution is 5.94. The van der Waals surface area contributed by atoms with Crippen molar-refractivity contribution >= 4 is 22.7 Å². The number of nitrogens with one attached hydrogen (secondary N) is 1. The molecule has 1 fully saturated rings. The van der Waals surface area contributed by atoms with Crippen LogP contribution in [-0.2, 0) is 6.54 Å². The Morgan fingerprint density at radius 2 is 1.83 bits per heavy atom. The van der Waals surface area contributed by atoms with Crippen molar-refractivity contribution in [2.45, 2.75) is 25.4 Å². The summed E-state index contributed by atoms with van der Waals surface area (Å²) in [6.45, 7) is 0.782. The molecule has 0 aliphatic carbocycles. The molecule has 0 spiro atoms. The van der Waals surface area contributed by atoms with Crippen molar-refractivity contribution in [1.29, 1.82) is 0 Å². The predicted octanol–water partition coefficient (Wildman–Crippen LogP) is 2.94. The Morgan fingerprint density at radius 1 is 1.03 bits per heavy atom. The Bertz CT molecular complexity index is 1450. The summed E-state index contributed by atoms with van der Waals surface area (Å²) in [4.78, 5) is 49.2. The van der Waals surface area contributed by atoms with Gasteiger partial charge in [0.1, 0.15) is 5.82 Å². The van der Waals surface area contributed by atoms with Gasteiger partial charge in [-0.2, -0.15) is 0 Å². The first-order chi connectivity index (χ1) is 17.1. The molecule has 176 valence electrons. The van der Waals surface area contributed by atoms with Crippen LogP contribution in [0.3, 0.4) is 0 Å². The third kappa shape index (κ3) is 4.29. The second kappa shape index (κ2) is 9.47. The van der Waals surface area contributed by atoms with E-state index in [0.717, 1.165) is 12.0 Å². The molecule has 35 heavy (non-hydrogen) atoms. The molecule has 2 N–H and O–H groups in total. The zero-order chi connectivity index (χ0) is 24.4. The number of likely N-dealkylation sites (tertiary alicyclic amines) is 1. The molecule has 2 aromatic carbocycles. The molecule has 1 aliphatic rings. The minimum absolute atomic E-state index is 0.145. The van der Waals surface area contributed by atoms with E-state index in [2.05, 4.69) is 4.98 Å². The van der Waals surface area contributed by atoms with E-state index in [9.17, 15) is 14.4 Å². The van der Waals surface area contributed by atoms with Crippen LogP contribution in [-0.4, -0.2) is 43.0 Å². The molecule has 0 unspecified atom stereocenters. The van der Waals surface area contributed by atoms with E-state index >= 15 is 0 Å². The first-order valence-corrected chi connectivity index (χ1v) is 11.3. The lowest BCUT2D eigenvalue weighted by Crippen LogP contribution is -2.36. The molecule has 3 heterocycles. The summed E-state index contributed by atoms with van der Waals surface area (Å²) >= 11 is 0. The first-order valence-electron chi connectivity index (χ1n) is 11.3. The summed E-state index contributed by atoms with van der Waals surface area (Å²) in [5.41, 5.74) is 3.57. The van der Waals surface area contributed by atoms with E-state index in [-0.39, 0.29) is 24.1 Å². The predicted molar refractivity (Wildman–Crippen MR) is 128 cm³/mol. The van der Waals surface area contributed by atoms with Crippen LogP contribution in [0.25, 0.3) is 10.9 Å². The smallest absolute Gasteiger partial charge is 0.274 e. The van der Waals surface area contributed by atoms with Crippen molar-refractivity contribution in [2.75, 3.05) is 6.54 Å². The van der Waals surface area contributed by atoms with E-state index in [4.69, 9.17) is 10.2 Å². The summed E-state index contributed by atoms with van der Waals surface area (Å²) in [5.74, 6) is -0.230. The van der Waals surface area contributed by atoms with Gasteiger partial charge in [-0.1, -0.05) is 24.3 Å². The maximum Gasteiger partial charge on any atom is 0.274 e. The lowest BCUT2D eigenvalue weighted by molar-refractivity contribution is 0.0705. The van der Waals surface area contributed by atoms with E-state index in [1.54, 1.807) is 81.9 Å². The fourth-order valence-corrected chi connectivity index (χ4v) is 4.53. The quantitative estimate of drug-likeness (QED) is 0.343. The number of rotatable bonds is 5. The Balaban J connectivity index is 1.58. The average molecular weight is 470 g/mol. The van der Waals surface area contributed by atoms with Crippen molar-refractivity contribution in [1.82, 2.24) is 24.9 Å². The maximum absolute atomic E-state index is 13.6. The molecule has 2 amide bonds. The minimum Gasteiger partial charge on any atom is -0.328 e. The number of benzene rings is 2. The molecule has 1 aliphatic heterocycles. The molecule has 5 rings (SSSR count). The van der Waals surface area contributed by atoms with Crippen LogP contribution in [0.4, 0.5) is 0 Å². The second-order valence-corrected chi connectivity index (χ2v) is 8.41. The molecular weight excluding hydrogens is 446 g/mol. The molecule has 2 aromatic heterocycles. The zero-order valence-corrected chi connectivity index (χ0v) is 18.8. The molecule has 0 radical (unpaired) electrons. The van der Waals surface area contributed by atoms with Crippen molar-refractivity contribution < 1.29 is 14.8 Å². The van der Waals surface area contributed by atoms with Gasteiger partial charge in [-0.05, 0) is 54.8 Å². The first kappa shape index (κ1) is 22.4. The van der Waals surface area contributed by atoms with Gasteiger partial charge in [-0.25, -0.2) is 10.5 Å². The topological polar surface area (TPSA) is 117 Å². The van der Waals surface area contributed by atoms with Crippen LogP contribution in [0, 0.1) is 0 Å². The van der Waals surface area contributed by atoms with E-state index in [1.807, 2.05) is 6.07 Å². The highest BCUT2D eigenvalue weighted by Crippen LogP contribution is 2.32. The molecule has 9 heteroatoms. The van der Waals surface area contributed by atoms with Gasteiger partial charge in [0.05, 0.1) is 29.1 Å². The second-order valence-electron chi connectivity index (χ2n) is 8.41. The van der Waals surface area contributed by atoms with Gasteiger partial charge >= 0.3 is 0 Å². The Labute approximate surface area is 200 Å². The molecule has 9 nitrogen and oxygen atoms in total.